The zero-order chi connectivity index (χ0) is 7.82. The summed E-state index contributed by atoms with van der Waals surface area (Å²) in [4.78, 5) is 10.6. The Morgan fingerprint density at radius 2 is 2.30 bits per heavy atom. The van der Waals surface area contributed by atoms with Gasteiger partial charge < -0.3 is 4.43 Å². The molecule has 0 heterocycles. The molecular weight excluding hydrogens is 144 g/mol. The molecule has 0 spiro atoms. The van der Waals surface area contributed by atoms with Gasteiger partial charge in [-0.1, -0.05) is 6.08 Å². The van der Waals surface area contributed by atoms with Crippen LogP contribution in [0.3, 0.4) is 0 Å². The van der Waals surface area contributed by atoms with E-state index in [0.29, 0.717) is 16.9 Å². The Morgan fingerprint density at radius 3 is 2.80 bits per heavy atom. The summed E-state index contributed by atoms with van der Waals surface area (Å²) in [6.45, 7) is 3.59. The van der Waals surface area contributed by atoms with Crippen molar-refractivity contribution in [2.75, 3.05) is 0 Å². The molecule has 10 heavy (non-hydrogen) atoms. The van der Waals surface area contributed by atoms with Crippen molar-refractivity contribution in [3.8, 4) is 0 Å². The number of carbonyl (C=O) groups is 1. The molecule has 0 aliphatic carbocycles. The first-order valence-electron chi connectivity index (χ1n) is 3.49. The van der Waals surface area contributed by atoms with E-state index in [1.54, 1.807) is 0 Å². The van der Waals surface area contributed by atoms with E-state index in [2.05, 4.69) is 11.0 Å². The third-order valence-corrected chi connectivity index (χ3v) is 1.72. The van der Waals surface area contributed by atoms with Gasteiger partial charge in [-0.15, -0.1) is 6.58 Å². The molecule has 0 aromatic heterocycles. The molecule has 0 radical (unpaired) electrons. The molecule has 0 aromatic carbocycles. The van der Waals surface area contributed by atoms with E-state index in [4.69, 9.17) is 0 Å². The number of hydrogen-bond donors (Lipinski definition) is 0. The van der Waals surface area contributed by atoms with E-state index in [0.717, 1.165) is 19.3 Å². The van der Waals surface area contributed by atoms with Gasteiger partial charge in [0.1, 0.15) is 0 Å². The summed E-state index contributed by atoms with van der Waals surface area (Å²) in [5.41, 5.74) is 0. The molecule has 0 aromatic rings. The molecule has 0 amide bonds. The second-order valence-corrected chi connectivity index (χ2v) is 2.52. The zero-order valence-corrected chi connectivity index (χ0v) is 8.43. The molecule has 0 aliphatic heterocycles. The number of carbonyl (C=O) groups excluding carboxylic acids is 1. The van der Waals surface area contributed by atoms with E-state index >= 15 is 0 Å². The van der Waals surface area contributed by atoms with Crippen LogP contribution in [0, 0.1) is 0 Å². The number of allylic oxidation sites excluding steroid dienone is 1. The van der Waals surface area contributed by atoms with Gasteiger partial charge in [0, 0.05) is 6.42 Å². The van der Waals surface area contributed by atoms with Crippen molar-refractivity contribution in [1.82, 2.24) is 0 Å². The highest BCUT2D eigenvalue weighted by atomic mass is 28.2. The normalized spacial score (nSPS) is 9.20. The van der Waals surface area contributed by atoms with Crippen LogP contribution in [0.25, 0.3) is 0 Å². The third kappa shape index (κ3) is 5.56. The number of unbranched alkanes of at least 4 members (excludes halogenated alkanes) is 2. The molecule has 0 bridgehead atoms. The van der Waals surface area contributed by atoms with Crippen LogP contribution in [0.5, 0.6) is 0 Å². The molecule has 0 N–H and O–H groups in total. The first-order chi connectivity index (χ1) is 4.81. The summed E-state index contributed by atoms with van der Waals surface area (Å²) in [6.07, 6.45) is 5.39. The van der Waals surface area contributed by atoms with Gasteiger partial charge in [0.25, 0.3) is 5.97 Å². The highest BCUT2D eigenvalue weighted by Crippen LogP contribution is 2.00. The predicted molar refractivity (Wildman–Crippen MR) is 44.7 cm³/mol. The van der Waals surface area contributed by atoms with Gasteiger partial charge in [0.15, 0.2) is 0 Å². The lowest BCUT2D eigenvalue weighted by Gasteiger charge is -1.96. The maximum Gasteiger partial charge on any atom is 0.291 e. The molecule has 3 heteroatoms. The molecule has 0 rings (SSSR count). The topological polar surface area (TPSA) is 26.3 Å². The fourth-order valence-electron chi connectivity index (χ4n) is 0.660. The van der Waals surface area contributed by atoms with Crippen LogP contribution in [0.4, 0.5) is 0 Å². The zero-order valence-electron chi connectivity index (χ0n) is 6.43. The summed E-state index contributed by atoms with van der Waals surface area (Å²) < 4.78 is 4.60. The summed E-state index contributed by atoms with van der Waals surface area (Å²) in [7, 11) is 0.522. The van der Waals surface area contributed by atoms with Crippen molar-refractivity contribution < 1.29 is 9.22 Å². The van der Waals surface area contributed by atoms with E-state index in [1.165, 1.54) is 0 Å². The van der Waals surface area contributed by atoms with Gasteiger partial charge in [0.05, 0.1) is 0 Å². The van der Waals surface area contributed by atoms with Crippen molar-refractivity contribution in [2.24, 2.45) is 0 Å². The van der Waals surface area contributed by atoms with Gasteiger partial charge in [-0.2, -0.15) is 0 Å². The van der Waals surface area contributed by atoms with Crippen LogP contribution < -0.4 is 0 Å². The maximum atomic E-state index is 10.6. The van der Waals surface area contributed by atoms with Crippen molar-refractivity contribution in [1.29, 1.82) is 0 Å². The second kappa shape index (κ2) is 6.55. The maximum absolute atomic E-state index is 10.6. The first-order valence-corrected chi connectivity index (χ1v) is 4.30. The number of hydrogen-bond acceptors (Lipinski definition) is 2. The second-order valence-electron chi connectivity index (χ2n) is 2.11. The Hall–Kier alpha value is -0.573. The lowest BCUT2D eigenvalue weighted by molar-refractivity contribution is -0.134. The summed E-state index contributed by atoms with van der Waals surface area (Å²) in [5, 5.41) is 0. The summed E-state index contributed by atoms with van der Waals surface area (Å²) in [5.74, 6) is -0.0595. The van der Waals surface area contributed by atoms with Crippen LogP contribution in [0.15, 0.2) is 12.7 Å². The highest BCUT2D eigenvalue weighted by molar-refractivity contribution is 6.05. The Bertz CT molecular complexity index is 112. The van der Waals surface area contributed by atoms with Crippen LogP contribution >= 0.6 is 0 Å². The van der Waals surface area contributed by atoms with E-state index in [9.17, 15) is 4.79 Å². The Balaban J connectivity index is 3.03. The van der Waals surface area contributed by atoms with Crippen molar-refractivity contribution >= 4 is 16.5 Å². The summed E-state index contributed by atoms with van der Waals surface area (Å²) >= 11 is 0. The largest absolute Gasteiger partial charge is 0.529 e. The minimum Gasteiger partial charge on any atom is -0.529 e. The minimum atomic E-state index is -0.0595. The molecule has 0 saturated heterocycles. The quantitative estimate of drug-likeness (QED) is 0.332. The molecule has 0 aliphatic rings. The molecular formula is C7H14O2Si. The molecule has 58 valence electrons. The monoisotopic (exact) mass is 158 g/mol. The van der Waals surface area contributed by atoms with Gasteiger partial charge in [-0.05, 0) is 19.3 Å². The van der Waals surface area contributed by atoms with Gasteiger partial charge >= 0.3 is 0 Å². The van der Waals surface area contributed by atoms with Crippen LogP contribution in [0.1, 0.15) is 25.7 Å². The molecule has 0 saturated carbocycles. The van der Waals surface area contributed by atoms with Crippen molar-refractivity contribution in [3.63, 3.8) is 0 Å². The van der Waals surface area contributed by atoms with Crippen molar-refractivity contribution in [3.05, 3.63) is 12.7 Å². The number of rotatable bonds is 5. The Morgan fingerprint density at radius 1 is 1.60 bits per heavy atom. The minimum absolute atomic E-state index is 0.0595. The molecule has 0 fully saturated rings. The van der Waals surface area contributed by atoms with E-state index in [1.807, 2.05) is 6.08 Å². The predicted octanol–water partition coefficient (Wildman–Crippen LogP) is 0.556. The van der Waals surface area contributed by atoms with Crippen LogP contribution in [-0.2, 0) is 9.22 Å². The Kier molecular flexibility index (Phi) is 6.17. The van der Waals surface area contributed by atoms with Gasteiger partial charge in [0.2, 0.25) is 10.5 Å². The molecule has 0 atom stereocenters. The fourth-order valence-corrected chi connectivity index (χ4v) is 0.864. The highest BCUT2D eigenvalue weighted by Gasteiger charge is 1.96. The van der Waals surface area contributed by atoms with Gasteiger partial charge in [-0.25, -0.2) is 0 Å². The van der Waals surface area contributed by atoms with E-state index < -0.39 is 0 Å². The summed E-state index contributed by atoms with van der Waals surface area (Å²) in [6, 6.07) is 0. The van der Waals surface area contributed by atoms with Crippen molar-refractivity contribution in [2.45, 2.75) is 25.7 Å². The van der Waals surface area contributed by atoms with E-state index in [-0.39, 0.29) is 5.97 Å². The fraction of sp³-hybridized carbons (Fsp3) is 0.571. The van der Waals surface area contributed by atoms with Crippen LogP contribution in [0.2, 0.25) is 0 Å². The average molecular weight is 158 g/mol. The Labute approximate surface area is 64.8 Å². The smallest absolute Gasteiger partial charge is 0.291 e. The lowest BCUT2D eigenvalue weighted by atomic mass is 10.2. The third-order valence-electron chi connectivity index (χ3n) is 1.27. The average Bonchev–Trinajstić information content (AvgIpc) is 1.98. The SMILES string of the molecule is C=CCCCCC(=O)O[SiH3]. The molecule has 2 nitrogen and oxygen atoms in total. The standard InChI is InChI=1S/C7H14O2Si/c1-2-3-4-5-6-7(8)9-10/h2H,1,3-6H2,10H3. The molecule has 0 unspecified atom stereocenters. The first kappa shape index (κ1) is 9.43. The van der Waals surface area contributed by atoms with Gasteiger partial charge in [-0.3, -0.25) is 4.79 Å². The lowest BCUT2D eigenvalue weighted by Crippen LogP contribution is -2.00. The van der Waals surface area contributed by atoms with Crippen LogP contribution in [-0.4, -0.2) is 16.5 Å².